The minimum Gasteiger partial charge on any atom is -0.481 e. The molecule has 0 fully saturated rings. The molecule has 144 valence electrons. The Labute approximate surface area is 162 Å². The highest BCUT2D eigenvalue weighted by molar-refractivity contribution is 7.18. The average Bonchev–Trinajstić information content (AvgIpc) is 3.00. The van der Waals surface area contributed by atoms with E-state index >= 15 is 0 Å². The number of hydrogen-bond donors (Lipinski definition) is 1. The molecule has 1 aromatic heterocycles. The normalized spacial score (nSPS) is 16.2. The summed E-state index contributed by atoms with van der Waals surface area (Å²) >= 11 is 1.14. The Balaban J connectivity index is 1.74. The van der Waals surface area contributed by atoms with Crippen LogP contribution in [0.15, 0.2) is 30.3 Å². The van der Waals surface area contributed by atoms with E-state index in [0.717, 1.165) is 29.0 Å². The highest BCUT2D eigenvalue weighted by Crippen LogP contribution is 2.39. The van der Waals surface area contributed by atoms with Gasteiger partial charge in [-0.05, 0) is 24.6 Å². The maximum absolute atomic E-state index is 13.5. The molecule has 0 aliphatic carbocycles. The molecule has 1 unspecified atom stereocenters. The number of carbonyl (C=O) groups is 2. The van der Waals surface area contributed by atoms with Gasteiger partial charge in [-0.1, -0.05) is 12.1 Å². The Morgan fingerprint density at radius 3 is 2.82 bits per heavy atom. The van der Waals surface area contributed by atoms with Crippen molar-refractivity contribution in [1.29, 1.82) is 0 Å². The van der Waals surface area contributed by atoms with Gasteiger partial charge < -0.3 is 9.84 Å². The molecule has 0 radical (unpaired) electrons. The van der Waals surface area contributed by atoms with Crippen LogP contribution in [0.2, 0.25) is 0 Å². The molecule has 2 heterocycles. The van der Waals surface area contributed by atoms with Gasteiger partial charge in [-0.15, -0.1) is 11.3 Å². The molecule has 0 spiro atoms. The lowest BCUT2D eigenvalue weighted by atomic mass is 10.1. The number of thiazole rings is 1. The number of anilines is 1. The molecule has 6 nitrogen and oxygen atoms in total. The first-order valence-corrected chi connectivity index (χ1v) is 9.19. The van der Waals surface area contributed by atoms with Gasteiger partial charge in [0.15, 0.2) is 17.7 Å². The second kappa shape index (κ2) is 6.83. The summed E-state index contributed by atoms with van der Waals surface area (Å²) in [6.07, 6.45) is -1.63. The van der Waals surface area contributed by atoms with E-state index in [9.17, 15) is 18.4 Å². The SMILES string of the molecule is Cc1cccc2c1OC(CC(=O)O)C(=O)N2Cc1nc2cc(F)c(F)cc2s1. The minimum absolute atomic E-state index is 0.0390. The molecule has 1 atom stereocenters. The number of carboxylic acid groups (broad SMARTS) is 1. The molecule has 1 aliphatic rings. The van der Waals surface area contributed by atoms with Crippen molar-refractivity contribution in [1.82, 2.24) is 4.98 Å². The number of nitrogens with zero attached hydrogens (tertiary/aromatic N) is 2. The Morgan fingerprint density at radius 1 is 1.32 bits per heavy atom. The number of carboxylic acids is 1. The third kappa shape index (κ3) is 3.18. The van der Waals surface area contributed by atoms with Gasteiger partial charge in [0.25, 0.3) is 5.91 Å². The van der Waals surface area contributed by atoms with E-state index in [1.165, 1.54) is 4.90 Å². The van der Waals surface area contributed by atoms with E-state index in [-0.39, 0.29) is 6.54 Å². The number of hydrogen-bond acceptors (Lipinski definition) is 5. The molecule has 1 N–H and O–H groups in total. The summed E-state index contributed by atoms with van der Waals surface area (Å²) in [4.78, 5) is 29.7. The van der Waals surface area contributed by atoms with Crippen molar-refractivity contribution in [2.45, 2.75) is 26.0 Å². The summed E-state index contributed by atoms with van der Waals surface area (Å²) in [5.41, 5.74) is 1.56. The number of aromatic nitrogens is 1. The topological polar surface area (TPSA) is 79.7 Å². The molecular formula is C19H14F2N2O4S. The van der Waals surface area contributed by atoms with E-state index in [1.54, 1.807) is 25.1 Å². The van der Waals surface area contributed by atoms with Gasteiger partial charge in [-0.2, -0.15) is 0 Å². The van der Waals surface area contributed by atoms with Gasteiger partial charge in [-0.3, -0.25) is 14.5 Å². The molecule has 4 rings (SSSR count). The number of rotatable bonds is 4. The quantitative estimate of drug-likeness (QED) is 0.718. The van der Waals surface area contributed by atoms with Gasteiger partial charge in [0, 0.05) is 6.07 Å². The lowest BCUT2D eigenvalue weighted by Gasteiger charge is -2.34. The number of halogens is 2. The maximum Gasteiger partial charge on any atom is 0.307 e. The molecule has 0 saturated carbocycles. The first-order valence-electron chi connectivity index (χ1n) is 8.37. The monoisotopic (exact) mass is 404 g/mol. The van der Waals surface area contributed by atoms with Crippen LogP contribution >= 0.6 is 11.3 Å². The third-order valence-corrected chi connectivity index (χ3v) is 5.41. The standard InChI is InChI=1S/C19H14F2N2O4S/c1-9-3-2-4-13-18(9)27-14(7-17(24)25)19(26)23(13)8-16-22-12-5-10(20)11(21)6-15(12)28-16/h2-6,14H,7-8H2,1H3,(H,24,25). The zero-order valence-corrected chi connectivity index (χ0v) is 15.4. The number of aryl methyl sites for hydroxylation is 1. The number of benzene rings is 2. The Morgan fingerprint density at radius 2 is 2.07 bits per heavy atom. The van der Waals surface area contributed by atoms with E-state index < -0.39 is 36.0 Å². The molecule has 1 aliphatic heterocycles. The minimum atomic E-state index is -1.16. The first-order chi connectivity index (χ1) is 13.3. The van der Waals surface area contributed by atoms with Gasteiger partial charge in [0.1, 0.15) is 10.8 Å². The fraction of sp³-hybridized carbons (Fsp3) is 0.211. The van der Waals surface area contributed by atoms with Crippen LogP contribution in [0.4, 0.5) is 14.5 Å². The number of aliphatic carboxylic acids is 1. The maximum atomic E-state index is 13.5. The summed E-state index contributed by atoms with van der Waals surface area (Å²) in [5.74, 6) is -3.17. The van der Waals surface area contributed by atoms with E-state index in [2.05, 4.69) is 4.98 Å². The van der Waals surface area contributed by atoms with Crippen LogP contribution in [0.3, 0.4) is 0 Å². The second-order valence-electron chi connectivity index (χ2n) is 6.39. The molecule has 3 aromatic rings. The summed E-state index contributed by atoms with van der Waals surface area (Å²) in [6, 6.07) is 7.34. The summed E-state index contributed by atoms with van der Waals surface area (Å²) < 4.78 is 33.0. The Hall–Kier alpha value is -3.07. The second-order valence-corrected chi connectivity index (χ2v) is 7.51. The predicted octanol–water partition coefficient (Wildman–Crippen LogP) is 3.65. The highest BCUT2D eigenvalue weighted by atomic mass is 32.1. The van der Waals surface area contributed by atoms with Crippen LogP contribution in [-0.2, 0) is 16.1 Å². The van der Waals surface area contributed by atoms with Crippen LogP contribution in [0.25, 0.3) is 10.2 Å². The van der Waals surface area contributed by atoms with Crippen LogP contribution in [0.5, 0.6) is 5.75 Å². The molecule has 9 heteroatoms. The van der Waals surface area contributed by atoms with Crippen LogP contribution < -0.4 is 9.64 Å². The molecule has 0 saturated heterocycles. The summed E-state index contributed by atoms with van der Waals surface area (Å²) in [7, 11) is 0. The largest absolute Gasteiger partial charge is 0.481 e. The molecule has 28 heavy (non-hydrogen) atoms. The van der Waals surface area contributed by atoms with Gasteiger partial charge in [0.05, 0.1) is 28.9 Å². The summed E-state index contributed by atoms with van der Waals surface area (Å²) in [6.45, 7) is 1.84. The molecular weight excluding hydrogens is 390 g/mol. The van der Waals surface area contributed by atoms with Gasteiger partial charge in [-0.25, -0.2) is 13.8 Å². The lowest BCUT2D eigenvalue weighted by Crippen LogP contribution is -2.46. The van der Waals surface area contributed by atoms with Gasteiger partial charge >= 0.3 is 5.97 Å². The van der Waals surface area contributed by atoms with Crippen molar-refractivity contribution in [2.75, 3.05) is 4.90 Å². The predicted molar refractivity (Wildman–Crippen MR) is 98.6 cm³/mol. The number of para-hydroxylation sites is 1. The first kappa shape index (κ1) is 18.3. The highest BCUT2D eigenvalue weighted by Gasteiger charge is 2.37. The molecule has 1 amide bonds. The van der Waals surface area contributed by atoms with Crippen molar-refractivity contribution in [3.8, 4) is 5.75 Å². The van der Waals surface area contributed by atoms with Crippen molar-refractivity contribution < 1.29 is 28.2 Å². The molecule has 2 aromatic carbocycles. The number of carbonyl (C=O) groups excluding carboxylic acids is 1. The third-order valence-electron chi connectivity index (χ3n) is 4.41. The molecule has 0 bridgehead atoms. The van der Waals surface area contributed by atoms with Crippen LogP contribution in [0.1, 0.15) is 17.0 Å². The summed E-state index contributed by atoms with van der Waals surface area (Å²) in [5, 5.41) is 9.56. The van der Waals surface area contributed by atoms with E-state index in [0.29, 0.717) is 26.7 Å². The van der Waals surface area contributed by atoms with E-state index in [4.69, 9.17) is 9.84 Å². The van der Waals surface area contributed by atoms with Crippen molar-refractivity contribution in [2.24, 2.45) is 0 Å². The van der Waals surface area contributed by atoms with Crippen LogP contribution in [-0.4, -0.2) is 28.1 Å². The van der Waals surface area contributed by atoms with Gasteiger partial charge in [0.2, 0.25) is 0 Å². The zero-order chi connectivity index (χ0) is 20.0. The van der Waals surface area contributed by atoms with E-state index in [1.807, 2.05) is 0 Å². The number of amides is 1. The zero-order valence-electron chi connectivity index (χ0n) is 14.6. The van der Waals surface area contributed by atoms with Crippen molar-refractivity contribution in [3.63, 3.8) is 0 Å². The Kier molecular flexibility index (Phi) is 4.46. The Bertz CT molecular complexity index is 1080. The van der Waals surface area contributed by atoms with Crippen molar-refractivity contribution in [3.05, 3.63) is 52.5 Å². The average molecular weight is 404 g/mol. The van der Waals surface area contributed by atoms with Crippen LogP contribution in [0, 0.1) is 18.6 Å². The smallest absolute Gasteiger partial charge is 0.307 e. The fourth-order valence-corrected chi connectivity index (χ4v) is 4.08. The van der Waals surface area contributed by atoms with Crippen molar-refractivity contribution >= 4 is 39.1 Å². The number of ether oxygens (including phenoxy) is 1. The fourth-order valence-electron chi connectivity index (χ4n) is 3.11. The lowest BCUT2D eigenvalue weighted by molar-refractivity contribution is -0.142. The number of fused-ring (bicyclic) bond motifs is 2.